The molecule has 5 rings (SSSR count). The van der Waals surface area contributed by atoms with Crippen LogP contribution in [0.3, 0.4) is 0 Å². The van der Waals surface area contributed by atoms with Crippen molar-refractivity contribution in [3.63, 3.8) is 0 Å². The summed E-state index contributed by atoms with van der Waals surface area (Å²) in [5.74, 6) is -1.98. The Hall–Kier alpha value is -3.47. The number of hydrogen-bond acceptors (Lipinski definition) is 10. The third kappa shape index (κ3) is 6.29. The quantitative estimate of drug-likeness (QED) is 0.239. The van der Waals surface area contributed by atoms with Crippen molar-refractivity contribution in [3.8, 4) is 0 Å². The van der Waals surface area contributed by atoms with E-state index in [0.29, 0.717) is 33.5 Å². The highest BCUT2D eigenvalue weighted by molar-refractivity contribution is 7.99. The molecule has 1 atom stereocenters. The smallest absolute Gasteiger partial charge is 0.475 e. The van der Waals surface area contributed by atoms with Crippen molar-refractivity contribution in [2.45, 2.75) is 48.6 Å². The minimum Gasteiger partial charge on any atom is -0.475 e. The number of aryl methyl sites for hydroxylation is 1. The number of carboxylic acid groups (broad SMARTS) is 1. The zero-order chi connectivity index (χ0) is 29.2. The van der Waals surface area contributed by atoms with E-state index in [2.05, 4.69) is 19.9 Å². The van der Waals surface area contributed by atoms with Crippen LogP contribution in [-0.4, -0.2) is 77.6 Å². The molecular weight excluding hydrogens is 577 g/mol. The molecule has 40 heavy (non-hydrogen) atoms. The Bertz CT molecular complexity index is 1610. The number of hydrogen-bond donors (Lipinski definition) is 4. The van der Waals surface area contributed by atoms with E-state index in [4.69, 9.17) is 37.2 Å². The second kappa shape index (κ2) is 12.0. The Labute approximate surface area is 233 Å². The summed E-state index contributed by atoms with van der Waals surface area (Å²) < 4.78 is 33.1. The lowest BCUT2D eigenvalue weighted by atomic mass is 10.3. The number of carbonyl (C=O) groups is 1. The molecule has 17 heteroatoms. The summed E-state index contributed by atoms with van der Waals surface area (Å²) in [5, 5.41) is 18.4. The minimum atomic E-state index is -5.08. The number of aliphatic hydroxyl groups is 1. The topological polar surface area (TPSA) is 176 Å². The van der Waals surface area contributed by atoms with Gasteiger partial charge in [-0.2, -0.15) is 13.2 Å². The fourth-order valence-corrected chi connectivity index (χ4v) is 5.19. The summed E-state index contributed by atoms with van der Waals surface area (Å²) in [7, 11) is 0. The summed E-state index contributed by atoms with van der Waals surface area (Å²) in [6.07, 6.45) is -0.544. The molecule has 0 spiro atoms. The van der Waals surface area contributed by atoms with Crippen LogP contribution in [0.2, 0.25) is 5.02 Å². The molecule has 12 nitrogen and oxygen atoms in total. The Morgan fingerprint density at radius 1 is 1.30 bits per heavy atom. The van der Waals surface area contributed by atoms with Crippen LogP contribution in [-0.2, 0) is 17.8 Å². The number of anilines is 1. The molecule has 0 radical (unpaired) electrons. The number of halogens is 4. The Balaban J connectivity index is 0.000000470. The van der Waals surface area contributed by atoms with E-state index in [1.54, 1.807) is 6.20 Å². The van der Waals surface area contributed by atoms with Crippen molar-refractivity contribution in [2.24, 2.45) is 5.73 Å². The number of H-pyrrole nitrogens is 1. The summed E-state index contributed by atoms with van der Waals surface area (Å²) in [4.78, 5) is 45.4. The van der Waals surface area contributed by atoms with Gasteiger partial charge in [-0.05, 0) is 30.7 Å². The van der Waals surface area contributed by atoms with Crippen LogP contribution in [0.4, 0.5) is 19.0 Å². The number of carboxylic acids is 1. The maximum Gasteiger partial charge on any atom is 0.490 e. The fraction of sp³-hybridized carbons (Fsp3) is 0.391. The first kappa shape index (κ1) is 29.5. The zero-order valence-corrected chi connectivity index (χ0v) is 22.5. The summed E-state index contributed by atoms with van der Waals surface area (Å²) in [6.45, 7) is 3.56. The second-order valence-electron chi connectivity index (χ2n) is 8.71. The van der Waals surface area contributed by atoms with Crippen LogP contribution in [0.15, 0.2) is 33.3 Å². The van der Waals surface area contributed by atoms with Gasteiger partial charge in [0, 0.05) is 35.9 Å². The van der Waals surface area contributed by atoms with Gasteiger partial charge in [0.25, 0.3) is 5.56 Å². The van der Waals surface area contributed by atoms with E-state index >= 15 is 0 Å². The van der Waals surface area contributed by atoms with Crippen molar-refractivity contribution in [3.05, 3.63) is 39.5 Å². The number of nitrogens with zero attached hydrogens (tertiary/aromatic N) is 6. The molecule has 214 valence electrons. The number of nitrogens with one attached hydrogen (secondary N) is 1. The summed E-state index contributed by atoms with van der Waals surface area (Å²) in [6, 6.07) is 1.93. The highest BCUT2D eigenvalue weighted by atomic mass is 35.5. The number of aromatic amines is 1. The average molecular weight is 601 g/mol. The normalized spacial score (nSPS) is 15.5. The van der Waals surface area contributed by atoms with E-state index in [9.17, 15) is 23.1 Å². The van der Waals surface area contributed by atoms with Gasteiger partial charge in [0.1, 0.15) is 17.0 Å². The number of nitrogens with two attached hydrogens (primary N) is 1. The van der Waals surface area contributed by atoms with Crippen LogP contribution < -0.4 is 16.2 Å². The van der Waals surface area contributed by atoms with E-state index in [-0.39, 0.29) is 24.8 Å². The molecule has 4 aromatic heterocycles. The van der Waals surface area contributed by atoms with Gasteiger partial charge in [-0.25, -0.2) is 24.7 Å². The third-order valence-electron chi connectivity index (χ3n) is 5.93. The molecule has 5 heterocycles. The lowest BCUT2D eigenvalue weighted by Crippen LogP contribution is -2.27. The number of aliphatic carboxylic acids is 1. The standard InChI is InChI=1S/C21H23ClN8O2S.C2HF3O2/c1-2-13-17(22)16-18(26-13)27-21(28-20(16)29-4-3-11(23)10-29)33-12-7-14-19(25-8-12)30(5-6-31)15(32)9-24-14;3-2(4,5)1(6)7/h7-9,11,31H,2-6,10,23H2,1H3,(H,26,27,28);(H,6,7)/t11-;/m1./s1. The van der Waals surface area contributed by atoms with Crippen LogP contribution >= 0.6 is 23.4 Å². The highest BCUT2D eigenvalue weighted by Crippen LogP contribution is 2.37. The van der Waals surface area contributed by atoms with Crippen molar-refractivity contribution < 1.29 is 28.2 Å². The molecule has 1 saturated heterocycles. The summed E-state index contributed by atoms with van der Waals surface area (Å²) >= 11 is 8.02. The molecule has 0 saturated carbocycles. The Morgan fingerprint density at radius 3 is 2.62 bits per heavy atom. The molecule has 1 aliphatic rings. The molecule has 1 fully saturated rings. The maximum absolute atomic E-state index is 12.1. The van der Waals surface area contributed by atoms with Gasteiger partial charge < -0.3 is 25.8 Å². The van der Waals surface area contributed by atoms with Gasteiger partial charge in [0.2, 0.25) is 0 Å². The molecule has 5 N–H and O–H groups in total. The van der Waals surface area contributed by atoms with Gasteiger partial charge in [-0.3, -0.25) is 9.36 Å². The minimum absolute atomic E-state index is 0.0989. The molecule has 0 bridgehead atoms. The fourth-order valence-electron chi connectivity index (χ4n) is 4.07. The van der Waals surface area contributed by atoms with Crippen molar-refractivity contribution in [1.29, 1.82) is 0 Å². The van der Waals surface area contributed by atoms with Gasteiger partial charge in [0.05, 0.1) is 29.8 Å². The second-order valence-corrected chi connectivity index (χ2v) is 10.1. The van der Waals surface area contributed by atoms with Crippen LogP contribution in [0.1, 0.15) is 19.0 Å². The lowest BCUT2D eigenvalue weighted by Gasteiger charge is -2.18. The van der Waals surface area contributed by atoms with Crippen LogP contribution in [0.5, 0.6) is 0 Å². The number of rotatable bonds is 6. The molecular formula is C23H24ClF3N8O4S. The zero-order valence-electron chi connectivity index (χ0n) is 20.9. The monoisotopic (exact) mass is 600 g/mol. The van der Waals surface area contributed by atoms with Crippen molar-refractivity contribution in [1.82, 2.24) is 29.5 Å². The Kier molecular flexibility index (Phi) is 8.82. The largest absolute Gasteiger partial charge is 0.490 e. The van der Waals surface area contributed by atoms with Gasteiger partial charge >= 0.3 is 12.1 Å². The lowest BCUT2D eigenvalue weighted by molar-refractivity contribution is -0.192. The first-order valence-corrected chi connectivity index (χ1v) is 13.1. The van der Waals surface area contributed by atoms with Gasteiger partial charge in [-0.15, -0.1) is 0 Å². The number of alkyl halides is 3. The number of fused-ring (bicyclic) bond motifs is 2. The van der Waals surface area contributed by atoms with Crippen LogP contribution in [0, 0.1) is 0 Å². The van der Waals surface area contributed by atoms with E-state index < -0.39 is 12.1 Å². The first-order chi connectivity index (χ1) is 18.9. The van der Waals surface area contributed by atoms with E-state index in [0.717, 1.165) is 41.2 Å². The number of aromatic nitrogens is 6. The Morgan fingerprint density at radius 2 is 2.02 bits per heavy atom. The molecule has 0 aromatic carbocycles. The predicted octanol–water partition coefficient (Wildman–Crippen LogP) is 2.59. The molecule has 4 aromatic rings. The highest BCUT2D eigenvalue weighted by Gasteiger charge is 2.38. The number of pyridine rings is 1. The molecule has 0 amide bonds. The molecule has 0 aliphatic carbocycles. The molecule has 1 aliphatic heterocycles. The van der Waals surface area contributed by atoms with E-state index in [1.165, 1.54) is 22.5 Å². The van der Waals surface area contributed by atoms with E-state index in [1.807, 2.05) is 13.0 Å². The van der Waals surface area contributed by atoms with Gasteiger partial charge in [-0.1, -0.05) is 18.5 Å². The third-order valence-corrected chi connectivity index (χ3v) is 7.18. The van der Waals surface area contributed by atoms with Gasteiger partial charge in [0.15, 0.2) is 10.8 Å². The number of aliphatic hydroxyl groups excluding tert-OH is 1. The molecule has 0 unspecified atom stereocenters. The first-order valence-electron chi connectivity index (χ1n) is 12.0. The van der Waals surface area contributed by atoms with Crippen LogP contribution in [0.25, 0.3) is 22.2 Å². The summed E-state index contributed by atoms with van der Waals surface area (Å²) in [5.41, 5.74) is 8.43. The predicted molar refractivity (Wildman–Crippen MR) is 142 cm³/mol. The van der Waals surface area contributed by atoms with Crippen molar-refractivity contribution >= 4 is 57.3 Å². The average Bonchev–Trinajstić information content (AvgIpc) is 3.48. The maximum atomic E-state index is 12.1. The SMILES string of the molecule is CCc1[nH]c2nc(Sc3cnc4c(c3)ncc(=O)n4CCO)nc(N3CC[C@@H](N)C3)c2c1Cl.O=C(O)C(F)(F)F. The van der Waals surface area contributed by atoms with Crippen molar-refractivity contribution in [2.75, 3.05) is 24.6 Å².